The molecule has 1 N–H and O–H groups in total. The van der Waals surface area contributed by atoms with Gasteiger partial charge in [0.05, 0.1) is 18.1 Å². The highest BCUT2D eigenvalue weighted by Crippen LogP contribution is 2.33. The van der Waals surface area contributed by atoms with Crippen molar-refractivity contribution >= 4 is 17.5 Å². The van der Waals surface area contributed by atoms with Gasteiger partial charge in [-0.2, -0.15) is 13.2 Å². The fourth-order valence-corrected chi connectivity index (χ4v) is 2.40. The number of carbonyl (C=O) groups is 2. The van der Waals surface area contributed by atoms with Crippen molar-refractivity contribution in [3.8, 4) is 0 Å². The first-order valence-electron chi connectivity index (χ1n) is 7.07. The normalized spacial score (nSPS) is 18.3. The van der Waals surface area contributed by atoms with Crippen LogP contribution in [0.1, 0.15) is 12.0 Å². The average molecular weight is 330 g/mol. The van der Waals surface area contributed by atoms with Gasteiger partial charge in [-0.15, -0.1) is 0 Å². The van der Waals surface area contributed by atoms with Gasteiger partial charge in [-0.05, 0) is 18.2 Å². The smallest absolute Gasteiger partial charge is 0.383 e. The number of hydrogen-bond acceptors (Lipinski definition) is 3. The Hall–Kier alpha value is -2.09. The number of anilines is 1. The van der Waals surface area contributed by atoms with Gasteiger partial charge in [0.25, 0.3) is 0 Å². The van der Waals surface area contributed by atoms with Crippen LogP contribution in [-0.2, 0) is 20.5 Å². The lowest BCUT2D eigenvalue weighted by molar-refractivity contribution is -0.137. The van der Waals surface area contributed by atoms with Gasteiger partial charge in [-0.1, -0.05) is 6.07 Å². The largest absolute Gasteiger partial charge is 0.416 e. The highest BCUT2D eigenvalue weighted by Gasteiger charge is 2.36. The molecule has 1 saturated heterocycles. The van der Waals surface area contributed by atoms with Crippen LogP contribution < -0.4 is 10.2 Å². The molecule has 126 valence electrons. The van der Waals surface area contributed by atoms with E-state index in [-0.39, 0.29) is 30.5 Å². The van der Waals surface area contributed by atoms with E-state index in [2.05, 4.69) is 5.32 Å². The molecule has 2 amide bonds. The van der Waals surface area contributed by atoms with E-state index in [1.165, 1.54) is 24.1 Å². The second kappa shape index (κ2) is 6.99. The maximum atomic E-state index is 12.8. The Morgan fingerprint density at radius 3 is 2.83 bits per heavy atom. The third-order valence-corrected chi connectivity index (χ3v) is 3.59. The van der Waals surface area contributed by atoms with Gasteiger partial charge in [0.15, 0.2) is 0 Å². The van der Waals surface area contributed by atoms with Crippen LogP contribution in [0, 0.1) is 5.92 Å². The number of methoxy groups -OCH3 is 1. The van der Waals surface area contributed by atoms with Crippen molar-refractivity contribution in [2.24, 2.45) is 5.92 Å². The van der Waals surface area contributed by atoms with Crippen molar-refractivity contribution in [3.63, 3.8) is 0 Å². The standard InChI is InChI=1S/C15H17F3N2O3/c1-23-6-5-19-14(22)10-7-13(21)20(9-10)12-4-2-3-11(8-12)15(16,17)18/h2-4,8,10H,5-7,9H2,1H3,(H,19,22). The first-order valence-corrected chi connectivity index (χ1v) is 7.07. The highest BCUT2D eigenvalue weighted by atomic mass is 19.4. The lowest BCUT2D eigenvalue weighted by Gasteiger charge is -2.18. The minimum absolute atomic E-state index is 0.0188. The van der Waals surface area contributed by atoms with Gasteiger partial charge in [0, 0.05) is 32.3 Å². The molecule has 1 aliphatic heterocycles. The lowest BCUT2D eigenvalue weighted by Crippen LogP contribution is -2.34. The monoisotopic (exact) mass is 330 g/mol. The fraction of sp³-hybridized carbons (Fsp3) is 0.467. The summed E-state index contributed by atoms with van der Waals surface area (Å²) in [6.07, 6.45) is -4.50. The summed E-state index contributed by atoms with van der Waals surface area (Å²) in [7, 11) is 1.50. The molecule has 8 heteroatoms. The number of ether oxygens (including phenoxy) is 1. The average Bonchev–Trinajstić information content (AvgIpc) is 2.89. The molecule has 0 bridgehead atoms. The van der Waals surface area contributed by atoms with Crippen LogP contribution in [0.15, 0.2) is 24.3 Å². The van der Waals surface area contributed by atoms with Gasteiger partial charge in [0.1, 0.15) is 0 Å². The molecule has 0 spiro atoms. The van der Waals surface area contributed by atoms with Crippen LogP contribution in [-0.4, -0.2) is 38.6 Å². The Balaban J connectivity index is 2.07. The second-order valence-electron chi connectivity index (χ2n) is 5.24. The van der Waals surface area contributed by atoms with Crippen molar-refractivity contribution in [1.82, 2.24) is 5.32 Å². The molecule has 1 aromatic rings. The number of benzene rings is 1. The van der Waals surface area contributed by atoms with Crippen LogP contribution in [0.5, 0.6) is 0 Å². The van der Waals surface area contributed by atoms with E-state index < -0.39 is 17.7 Å². The predicted molar refractivity (Wildman–Crippen MR) is 76.8 cm³/mol. The molecule has 2 rings (SSSR count). The van der Waals surface area contributed by atoms with E-state index in [0.717, 1.165) is 12.1 Å². The van der Waals surface area contributed by atoms with E-state index in [4.69, 9.17) is 4.74 Å². The minimum atomic E-state index is -4.48. The molecule has 1 aromatic carbocycles. The summed E-state index contributed by atoms with van der Waals surface area (Å²) in [4.78, 5) is 25.2. The number of halogens is 3. The third kappa shape index (κ3) is 4.22. The SMILES string of the molecule is COCCNC(=O)C1CC(=O)N(c2cccc(C(F)(F)F)c2)C1. The van der Waals surface area contributed by atoms with E-state index in [1.54, 1.807) is 0 Å². The predicted octanol–water partition coefficient (Wildman–Crippen LogP) is 1.82. The van der Waals surface area contributed by atoms with E-state index >= 15 is 0 Å². The first-order chi connectivity index (χ1) is 10.8. The summed E-state index contributed by atoms with van der Waals surface area (Å²) in [5.74, 6) is -1.24. The van der Waals surface area contributed by atoms with E-state index in [0.29, 0.717) is 13.2 Å². The topological polar surface area (TPSA) is 58.6 Å². The number of carbonyl (C=O) groups excluding carboxylic acids is 2. The summed E-state index contributed by atoms with van der Waals surface area (Å²) in [6.45, 7) is 0.742. The van der Waals surface area contributed by atoms with Gasteiger partial charge >= 0.3 is 6.18 Å². The maximum Gasteiger partial charge on any atom is 0.416 e. The molecule has 0 radical (unpaired) electrons. The van der Waals surface area contributed by atoms with Gasteiger partial charge in [-0.25, -0.2) is 0 Å². The first kappa shape index (κ1) is 17.3. The molecule has 1 fully saturated rings. The Bertz CT molecular complexity index is 590. The lowest BCUT2D eigenvalue weighted by atomic mass is 10.1. The van der Waals surface area contributed by atoms with Crippen LogP contribution >= 0.6 is 0 Å². The highest BCUT2D eigenvalue weighted by molar-refractivity contribution is 6.00. The Kier molecular flexibility index (Phi) is 5.25. The second-order valence-corrected chi connectivity index (χ2v) is 5.24. The zero-order chi connectivity index (χ0) is 17.0. The molecular weight excluding hydrogens is 313 g/mol. The quantitative estimate of drug-likeness (QED) is 0.838. The molecule has 1 aliphatic rings. The van der Waals surface area contributed by atoms with Gasteiger partial charge in [0.2, 0.25) is 11.8 Å². The Morgan fingerprint density at radius 1 is 1.43 bits per heavy atom. The van der Waals surface area contributed by atoms with Crippen LogP contribution in [0.4, 0.5) is 18.9 Å². The number of amides is 2. The Morgan fingerprint density at radius 2 is 2.17 bits per heavy atom. The van der Waals surface area contributed by atoms with E-state index in [1.807, 2.05) is 0 Å². The summed E-state index contributed by atoms with van der Waals surface area (Å²) >= 11 is 0. The molecule has 1 heterocycles. The maximum absolute atomic E-state index is 12.8. The molecule has 23 heavy (non-hydrogen) atoms. The third-order valence-electron chi connectivity index (χ3n) is 3.59. The molecule has 0 aliphatic carbocycles. The van der Waals surface area contributed by atoms with Crippen molar-refractivity contribution in [2.75, 3.05) is 31.7 Å². The number of hydrogen-bond donors (Lipinski definition) is 1. The molecule has 0 saturated carbocycles. The van der Waals surface area contributed by atoms with E-state index in [9.17, 15) is 22.8 Å². The number of rotatable bonds is 5. The molecule has 1 atom stereocenters. The van der Waals surface area contributed by atoms with Crippen molar-refractivity contribution < 1.29 is 27.5 Å². The summed E-state index contributed by atoms with van der Waals surface area (Å²) in [5.41, 5.74) is -0.673. The van der Waals surface area contributed by atoms with Gasteiger partial charge < -0.3 is 15.0 Å². The Labute approximate surface area is 131 Å². The van der Waals surface area contributed by atoms with Crippen LogP contribution in [0.3, 0.4) is 0 Å². The molecular formula is C15H17F3N2O3. The summed E-state index contributed by atoms with van der Waals surface area (Å²) in [5, 5.41) is 2.63. The van der Waals surface area contributed by atoms with Gasteiger partial charge in [-0.3, -0.25) is 9.59 Å². The molecule has 1 unspecified atom stereocenters. The van der Waals surface area contributed by atoms with Crippen molar-refractivity contribution in [3.05, 3.63) is 29.8 Å². The summed E-state index contributed by atoms with van der Waals surface area (Å²) < 4.78 is 43.1. The fourth-order valence-electron chi connectivity index (χ4n) is 2.40. The summed E-state index contributed by atoms with van der Waals surface area (Å²) in [6, 6.07) is 4.54. The van der Waals surface area contributed by atoms with Crippen molar-refractivity contribution in [1.29, 1.82) is 0 Å². The number of nitrogens with zero attached hydrogens (tertiary/aromatic N) is 1. The molecule has 0 aromatic heterocycles. The number of nitrogens with one attached hydrogen (secondary N) is 1. The van der Waals surface area contributed by atoms with Crippen LogP contribution in [0.25, 0.3) is 0 Å². The number of alkyl halides is 3. The van der Waals surface area contributed by atoms with Crippen molar-refractivity contribution in [2.45, 2.75) is 12.6 Å². The minimum Gasteiger partial charge on any atom is -0.383 e. The zero-order valence-corrected chi connectivity index (χ0v) is 12.5. The van der Waals surface area contributed by atoms with Crippen LogP contribution in [0.2, 0.25) is 0 Å². The zero-order valence-electron chi connectivity index (χ0n) is 12.5. The molecule has 5 nitrogen and oxygen atoms in total.